The molecule has 1 aromatic carbocycles. The summed E-state index contributed by atoms with van der Waals surface area (Å²) in [6.45, 7) is 1.45. The summed E-state index contributed by atoms with van der Waals surface area (Å²) in [5, 5.41) is 0. The van der Waals surface area contributed by atoms with E-state index >= 15 is 0 Å². The van der Waals surface area contributed by atoms with E-state index in [1.807, 2.05) is 0 Å². The Morgan fingerprint density at radius 3 is 2.54 bits per heavy atom. The molecule has 0 aromatic heterocycles. The molecule has 1 aliphatic heterocycles. The number of morpholine rings is 1. The molecule has 1 aliphatic carbocycles. The van der Waals surface area contributed by atoms with E-state index in [2.05, 4.69) is 0 Å². The van der Waals surface area contributed by atoms with Gasteiger partial charge in [0, 0.05) is 13.1 Å². The van der Waals surface area contributed by atoms with Crippen LogP contribution < -0.4 is 0 Å². The highest BCUT2D eigenvalue weighted by molar-refractivity contribution is 7.89. The second kappa shape index (κ2) is 7.63. The Kier molecular flexibility index (Phi) is 5.53. The zero-order valence-electron chi connectivity index (χ0n) is 13.6. The first-order chi connectivity index (χ1) is 11.6. The highest BCUT2D eigenvalue weighted by Gasteiger charge is 2.27. The van der Waals surface area contributed by atoms with Crippen LogP contribution in [0.3, 0.4) is 0 Å². The van der Waals surface area contributed by atoms with Gasteiger partial charge in [0.05, 0.1) is 23.7 Å². The van der Waals surface area contributed by atoms with Gasteiger partial charge in [-0.1, -0.05) is 12.5 Å². The summed E-state index contributed by atoms with van der Waals surface area (Å²) in [6.07, 6.45) is 5.05. The van der Waals surface area contributed by atoms with Crippen molar-refractivity contribution in [2.45, 2.75) is 43.1 Å². The summed E-state index contributed by atoms with van der Waals surface area (Å²) in [6, 6.07) is 6.12. The Balaban J connectivity index is 1.74. The van der Waals surface area contributed by atoms with Crippen molar-refractivity contribution in [1.29, 1.82) is 0 Å². The summed E-state index contributed by atoms with van der Waals surface area (Å²) in [5.41, 5.74) is 0.287. The predicted molar refractivity (Wildman–Crippen MR) is 88.3 cm³/mol. The van der Waals surface area contributed by atoms with E-state index in [4.69, 9.17) is 9.47 Å². The number of rotatable bonds is 4. The Labute approximate surface area is 142 Å². The van der Waals surface area contributed by atoms with Gasteiger partial charge in [-0.3, -0.25) is 0 Å². The van der Waals surface area contributed by atoms with Gasteiger partial charge in [0.15, 0.2) is 0 Å². The predicted octanol–water partition coefficient (Wildman–Crippen LogP) is 2.20. The van der Waals surface area contributed by atoms with Crippen LogP contribution in [-0.4, -0.2) is 51.1 Å². The molecule has 0 N–H and O–H groups in total. The maximum atomic E-state index is 12.7. The average molecular weight is 353 g/mol. The number of esters is 1. The van der Waals surface area contributed by atoms with Crippen LogP contribution in [0.2, 0.25) is 0 Å². The van der Waals surface area contributed by atoms with Crippen molar-refractivity contribution in [2.24, 2.45) is 0 Å². The number of nitrogens with zero attached hydrogens (tertiary/aromatic N) is 1. The number of ether oxygens (including phenoxy) is 2. The third-order valence-corrected chi connectivity index (χ3v) is 6.40. The van der Waals surface area contributed by atoms with E-state index in [1.54, 1.807) is 12.1 Å². The summed E-state index contributed by atoms with van der Waals surface area (Å²) in [7, 11) is -3.61. The van der Waals surface area contributed by atoms with Crippen molar-refractivity contribution in [3.05, 3.63) is 29.8 Å². The van der Waals surface area contributed by atoms with Crippen molar-refractivity contribution in [3.8, 4) is 0 Å². The molecule has 24 heavy (non-hydrogen) atoms. The fourth-order valence-corrected chi connectivity index (χ4v) is 4.58. The van der Waals surface area contributed by atoms with Crippen molar-refractivity contribution in [1.82, 2.24) is 4.31 Å². The lowest BCUT2D eigenvalue weighted by Crippen LogP contribution is -2.40. The topological polar surface area (TPSA) is 72.9 Å². The summed E-state index contributed by atoms with van der Waals surface area (Å²) < 4.78 is 37.5. The quantitative estimate of drug-likeness (QED) is 0.776. The van der Waals surface area contributed by atoms with E-state index in [0.717, 1.165) is 25.7 Å². The van der Waals surface area contributed by atoms with Gasteiger partial charge in [-0.2, -0.15) is 4.31 Å². The molecule has 0 amide bonds. The van der Waals surface area contributed by atoms with Crippen LogP contribution in [0.4, 0.5) is 0 Å². The zero-order valence-corrected chi connectivity index (χ0v) is 14.5. The minimum absolute atomic E-state index is 0.0502. The first kappa shape index (κ1) is 17.4. The molecule has 3 rings (SSSR count). The van der Waals surface area contributed by atoms with Gasteiger partial charge in [0.25, 0.3) is 0 Å². The largest absolute Gasteiger partial charge is 0.459 e. The first-order valence-corrected chi connectivity index (χ1v) is 9.90. The van der Waals surface area contributed by atoms with Gasteiger partial charge in [0.2, 0.25) is 10.0 Å². The molecule has 1 heterocycles. The smallest absolute Gasteiger partial charge is 0.338 e. The van der Waals surface area contributed by atoms with E-state index < -0.39 is 16.0 Å². The van der Waals surface area contributed by atoms with E-state index in [9.17, 15) is 13.2 Å². The lowest BCUT2D eigenvalue weighted by molar-refractivity contribution is 0.0211. The van der Waals surface area contributed by atoms with Crippen LogP contribution in [0.25, 0.3) is 0 Å². The molecule has 2 fully saturated rings. The molecule has 6 nitrogen and oxygen atoms in total. The monoisotopic (exact) mass is 353 g/mol. The third kappa shape index (κ3) is 3.96. The molecular formula is C17H23NO5S. The number of hydrogen-bond acceptors (Lipinski definition) is 5. The van der Waals surface area contributed by atoms with Crippen molar-refractivity contribution in [2.75, 3.05) is 26.3 Å². The molecule has 1 aromatic rings. The fraction of sp³-hybridized carbons (Fsp3) is 0.588. The van der Waals surface area contributed by atoms with Gasteiger partial charge >= 0.3 is 5.97 Å². The summed E-state index contributed by atoms with van der Waals surface area (Å²) in [4.78, 5) is 12.4. The van der Waals surface area contributed by atoms with E-state index in [1.165, 1.54) is 22.9 Å². The van der Waals surface area contributed by atoms with Crippen LogP contribution in [-0.2, 0) is 19.5 Å². The summed E-state index contributed by atoms with van der Waals surface area (Å²) >= 11 is 0. The third-order valence-electron chi connectivity index (χ3n) is 4.50. The van der Waals surface area contributed by atoms with Crippen LogP contribution in [0, 0.1) is 0 Å². The van der Waals surface area contributed by atoms with Gasteiger partial charge in [-0.05, 0) is 43.9 Å². The van der Waals surface area contributed by atoms with Crippen molar-refractivity contribution in [3.63, 3.8) is 0 Å². The molecule has 7 heteroatoms. The number of carbonyl (C=O) groups is 1. The summed E-state index contributed by atoms with van der Waals surface area (Å²) in [5.74, 6) is -0.444. The molecule has 1 saturated heterocycles. The van der Waals surface area contributed by atoms with Gasteiger partial charge in [-0.25, -0.2) is 13.2 Å². The molecule has 0 unspecified atom stereocenters. The Bertz CT molecular complexity index is 676. The number of hydrogen-bond donors (Lipinski definition) is 0. The normalized spacial score (nSPS) is 20.7. The maximum absolute atomic E-state index is 12.7. The van der Waals surface area contributed by atoms with Crippen LogP contribution >= 0.6 is 0 Å². The number of carbonyl (C=O) groups excluding carboxylic acids is 1. The highest BCUT2D eigenvalue weighted by atomic mass is 32.2. The van der Waals surface area contributed by atoms with Gasteiger partial charge in [0.1, 0.15) is 6.10 Å². The number of benzene rings is 1. The van der Waals surface area contributed by atoms with E-state index in [0.29, 0.717) is 26.3 Å². The van der Waals surface area contributed by atoms with Crippen molar-refractivity contribution >= 4 is 16.0 Å². The van der Waals surface area contributed by atoms with E-state index in [-0.39, 0.29) is 16.6 Å². The maximum Gasteiger partial charge on any atom is 0.338 e. The lowest BCUT2D eigenvalue weighted by atomic mass is 9.98. The minimum Gasteiger partial charge on any atom is -0.459 e. The van der Waals surface area contributed by atoms with Crippen molar-refractivity contribution < 1.29 is 22.7 Å². The second-order valence-electron chi connectivity index (χ2n) is 6.21. The first-order valence-electron chi connectivity index (χ1n) is 8.46. The second-order valence-corrected chi connectivity index (χ2v) is 8.15. The molecule has 2 aliphatic rings. The minimum atomic E-state index is -3.61. The van der Waals surface area contributed by atoms with Crippen LogP contribution in [0.15, 0.2) is 29.2 Å². The Morgan fingerprint density at radius 1 is 1.12 bits per heavy atom. The molecule has 0 radical (unpaired) electrons. The van der Waals surface area contributed by atoms with Gasteiger partial charge < -0.3 is 9.47 Å². The molecule has 0 atom stereocenters. The van der Waals surface area contributed by atoms with Gasteiger partial charge in [-0.15, -0.1) is 0 Å². The molecule has 1 saturated carbocycles. The standard InChI is InChI=1S/C17H23NO5S/c19-17(23-15-6-2-1-3-7-15)14-5-4-8-16(13-14)24(20,21)18-9-11-22-12-10-18/h4-5,8,13,15H,1-3,6-7,9-12H2. The molecule has 0 spiro atoms. The lowest BCUT2D eigenvalue weighted by Gasteiger charge is -2.26. The number of sulfonamides is 1. The molecular weight excluding hydrogens is 330 g/mol. The Hall–Kier alpha value is -1.44. The highest BCUT2D eigenvalue weighted by Crippen LogP contribution is 2.23. The molecule has 0 bridgehead atoms. The average Bonchev–Trinajstić information content (AvgIpc) is 2.63. The SMILES string of the molecule is O=C(OC1CCCCC1)c1cccc(S(=O)(=O)N2CCOCC2)c1. The fourth-order valence-electron chi connectivity index (χ4n) is 3.12. The molecule has 132 valence electrons. The van der Waals surface area contributed by atoms with Crippen LogP contribution in [0.1, 0.15) is 42.5 Å². The van der Waals surface area contributed by atoms with Crippen LogP contribution in [0.5, 0.6) is 0 Å². The Morgan fingerprint density at radius 2 is 1.83 bits per heavy atom. The zero-order chi connectivity index (χ0) is 17.0.